The van der Waals surface area contributed by atoms with Crippen LogP contribution in [0.3, 0.4) is 0 Å². The molecule has 154 valence electrons. The Morgan fingerprint density at radius 1 is 0.931 bits per heavy atom. The molecule has 0 spiro atoms. The maximum atomic E-state index is 13.5. The molecule has 0 saturated heterocycles. The average molecular weight is 403 g/mol. The minimum Gasteiger partial charge on any atom is -0.457 e. The van der Waals surface area contributed by atoms with Gasteiger partial charge in [-0.15, -0.1) is 0 Å². The van der Waals surface area contributed by atoms with E-state index in [0.29, 0.717) is 11.6 Å². The van der Waals surface area contributed by atoms with Crippen molar-refractivity contribution in [3.8, 4) is 0 Å². The first-order chi connectivity index (χ1) is 13.6. The average Bonchev–Trinajstić information content (AvgIpc) is 2.67. The van der Waals surface area contributed by atoms with E-state index in [1.807, 2.05) is 27.7 Å². The lowest BCUT2D eigenvalue weighted by molar-refractivity contribution is -0.142. The van der Waals surface area contributed by atoms with Crippen molar-refractivity contribution in [3.05, 3.63) is 69.3 Å². The van der Waals surface area contributed by atoms with Crippen molar-refractivity contribution in [2.45, 2.75) is 34.1 Å². The first-order valence-corrected chi connectivity index (χ1v) is 9.11. The fourth-order valence-corrected chi connectivity index (χ4v) is 2.84. The van der Waals surface area contributed by atoms with Crippen LogP contribution in [-0.2, 0) is 9.53 Å². The van der Waals surface area contributed by atoms with Crippen LogP contribution in [0.2, 0.25) is 0 Å². The molecule has 0 atom stereocenters. The van der Waals surface area contributed by atoms with Gasteiger partial charge in [-0.1, -0.05) is 0 Å². The summed E-state index contributed by atoms with van der Waals surface area (Å²) in [6.45, 7) is 7.18. The van der Waals surface area contributed by atoms with E-state index in [1.165, 1.54) is 0 Å². The van der Waals surface area contributed by atoms with Crippen LogP contribution in [0.1, 0.15) is 49.4 Å². The number of hydrogen-bond acceptors (Lipinski definition) is 4. The Morgan fingerprint density at radius 3 is 2.28 bits per heavy atom. The van der Waals surface area contributed by atoms with Crippen LogP contribution in [0.25, 0.3) is 0 Å². The highest BCUT2D eigenvalue weighted by molar-refractivity contribution is 6.00. The monoisotopic (exact) mass is 403 g/mol. The Hall–Kier alpha value is -3.09. The molecule has 0 unspecified atom stereocenters. The molecule has 0 saturated carbocycles. The van der Waals surface area contributed by atoms with E-state index >= 15 is 0 Å². The predicted octanol–water partition coefficient (Wildman–Crippen LogP) is 3.74. The van der Waals surface area contributed by atoms with E-state index in [9.17, 15) is 23.2 Å². The van der Waals surface area contributed by atoms with Gasteiger partial charge < -0.3 is 10.1 Å². The summed E-state index contributed by atoms with van der Waals surface area (Å²) in [6.07, 6.45) is -0.188. The second kappa shape index (κ2) is 9.41. The molecule has 1 N–H and O–H groups in total. The molecule has 0 heterocycles. The minimum absolute atomic E-state index is 0.107. The van der Waals surface area contributed by atoms with E-state index < -0.39 is 30.1 Å². The molecule has 2 aromatic carbocycles. The third-order valence-corrected chi connectivity index (χ3v) is 4.94. The van der Waals surface area contributed by atoms with Gasteiger partial charge in [0.15, 0.2) is 6.61 Å². The van der Waals surface area contributed by atoms with Crippen molar-refractivity contribution in [3.63, 3.8) is 0 Å². The maximum Gasteiger partial charge on any atom is 0.308 e. The summed E-state index contributed by atoms with van der Waals surface area (Å²) >= 11 is 0. The zero-order valence-corrected chi connectivity index (χ0v) is 16.8. The van der Waals surface area contributed by atoms with Crippen molar-refractivity contribution >= 4 is 17.7 Å². The highest BCUT2D eigenvalue weighted by atomic mass is 19.1. The SMILES string of the molecule is Cc1cc(C(=O)COC(=O)CCNC(=O)c2ccc(F)cc2F)c(C)c(C)c1C. The Kier molecular flexibility index (Phi) is 7.20. The number of aryl methyl sites for hydroxylation is 1. The normalized spacial score (nSPS) is 10.6. The smallest absolute Gasteiger partial charge is 0.308 e. The zero-order chi connectivity index (χ0) is 21.7. The van der Waals surface area contributed by atoms with Crippen LogP contribution in [0.5, 0.6) is 0 Å². The standard InChI is InChI=1S/C22H23F2NO4/c1-12-9-18(15(4)14(3)13(12)2)20(26)11-29-21(27)7-8-25-22(28)17-6-5-16(23)10-19(17)24/h5-6,9-10H,7-8,11H2,1-4H3,(H,25,28). The molecule has 0 aromatic heterocycles. The summed E-state index contributed by atoms with van der Waals surface area (Å²) in [6, 6.07) is 4.37. The molecule has 0 aliphatic rings. The number of carbonyl (C=O) groups excluding carboxylic acids is 3. The predicted molar refractivity (Wildman–Crippen MR) is 104 cm³/mol. The number of amides is 1. The summed E-state index contributed by atoms with van der Waals surface area (Å²) in [5.41, 5.74) is 4.16. The van der Waals surface area contributed by atoms with Gasteiger partial charge in [-0.2, -0.15) is 0 Å². The molecular formula is C22H23F2NO4. The number of rotatable bonds is 7. The molecule has 0 bridgehead atoms. The summed E-state index contributed by atoms with van der Waals surface area (Å²) in [5.74, 6) is -3.53. The fourth-order valence-electron chi connectivity index (χ4n) is 2.84. The van der Waals surface area contributed by atoms with Crippen LogP contribution in [0.4, 0.5) is 8.78 Å². The summed E-state index contributed by atoms with van der Waals surface area (Å²) in [7, 11) is 0. The quantitative estimate of drug-likeness (QED) is 0.565. The lowest BCUT2D eigenvalue weighted by atomic mass is 9.93. The third kappa shape index (κ3) is 5.47. The third-order valence-electron chi connectivity index (χ3n) is 4.94. The van der Waals surface area contributed by atoms with Gasteiger partial charge in [0.1, 0.15) is 11.6 Å². The Bertz CT molecular complexity index is 970. The lowest BCUT2D eigenvalue weighted by Crippen LogP contribution is -2.27. The van der Waals surface area contributed by atoms with Gasteiger partial charge in [-0.3, -0.25) is 14.4 Å². The van der Waals surface area contributed by atoms with Crippen molar-refractivity contribution in [1.82, 2.24) is 5.32 Å². The second-order valence-corrected chi connectivity index (χ2v) is 6.83. The molecule has 5 nitrogen and oxygen atoms in total. The molecule has 0 aliphatic carbocycles. The van der Waals surface area contributed by atoms with Crippen molar-refractivity contribution in [2.75, 3.05) is 13.2 Å². The molecule has 0 fully saturated rings. The molecular weight excluding hydrogens is 380 g/mol. The first-order valence-electron chi connectivity index (χ1n) is 9.11. The van der Waals surface area contributed by atoms with Gasteiger partial charge in [0.05, 0.1) is 12.0 Å². The highest BCUT2D eigenvalue weighted by Crippen LogP contribution is 2.21. The summed E-state index contributed by atoms with van der Waals surface area (Å²) in [4.78, 5) is 36.1. The molecule has 7 heteroatoms. The summed E-state index contributed by atoms with van der Waals surface area (Å²) < 4.78 is 31.4. The van der Waals surface area contributed by atoms with E-state index in [4.69, 9.17) is 4.74 Å². The number of benzene rings is 2. The molecule has 0 aliphatic heterocycles. The van der Waals surface area contributed by atoms with Gasteiger partial charge in [0.25, 0.3) is 5.91 Å². The van der Waals surface area contributed by atoms with Crippen molar-refractivity contribution < 1.29 is 27.9 Å². The van der Waals surface area contributed by atoms with E-state index in [-0.39, 0.29) is 24.3 Å². The van der Waals surface area contributed by atoms with Gasteiger partial charge in [0.2, 0.25) is 5.78 Å². The van der Waals surface area contributed by atoms with Gasteiger partial charge in [-0.25, -0.2) is 8.78 Å². The Labute approximate surface area is 168 Å². The number of ether oxygens (including phenoxy) is 1. The number of carbonyl (C=O) groups is 3. The number of nitrogens with one attached hydrogen (secondary N) is 1. The van der Waals surface area contributed by atoms with E-state index in [0.717, 1.165) is 34.4 Å². The summed E-state index contributed by atoms with van der Waals surface area (Å²) in [5, 5.41) is 2.35. The number of Topliss-reactive ketones (excluding diaryl/α,β-unsaturated/α-hetero) is 1. The fraction of sp³-hybridized carbons (Fsp3) is 0.318. The van der Waals surface area contributed by atoms with Crippen LogP contribution in [0.15, 0.2) is 24.3 Å². The Morgan fingerprint density at radius 2 is 1.62 bits per heavy atom. The molecule has 0 radical (unpaired) electrons. The molecule has 1 amide bonds. The van der Waals surface area contributed by atoms with Crippen molar-refractivity contribution in [2.24, 2.45) is 0 Å². The topological polar surface area (TPSA) is 72.5 Å². The number of hydrogen-bond donors (Lipinski definition) is 1. The maximum absolute atomic E-state index is 13.5. The van der Waals surface area contributed by atoms with Gasteiger partial charge in [-0.05, 0) is 68.1 Å². The van der Waals surface area contributed by atoms with Gasteiger partial charge in [0, 0.05) is 18.2 Å². The Balaban J connectivity index is 1.84. The first kappa shape index (κ1) is 22.2. The number of ketones is 1. The van der Waals surface area contributed by atoms with E-state index in [2.05, 4.69) is 5.32 Å². The van der Waals surface area contributed by atoms with Gasteiger partial charge >= 0.3 is 5.97 Å². The largest absolute Gasteiger partial charge is 0.457 e. The van der Waals surface area contributed by atoms with E-state index in [1.54, 1.807) is 6.07 Å². The minimum atomic E-state index is -0.991. The molecule has 29 heavy (non-hydrogen) atoms. The van der Waals surface area contributed by atoms with Crippen molar-refractivity contribution in [1.29, 1.82) is 0 Å². The molecule has 2 rings (SSSR count). The van der Waals surface area contributed by atoms with Crippen LogP contribution in [0, 0.1) is 39.3 Å². The van der Waals surface area contributed by atoms with Crippen LogP contribution in [-0.4, -0.2) is 30.8 Å². The lowest BCUT2D eigenvalue weighted by Gasteiger charge is -2.13. The zero-order valence-electron chi connectivity index (χ0n) is 16.8. The molecule has 2 aromatic rings. The van der Waals surface area contributed by atoms with Crippen LogP contribution >= 0.6 is 0 Å². The second-order valence-electron chi connectivity index (χ2n) is 6.83. The highest BCUT2D eigenvalue weighted by Gasteiger charge is 2.16. The number of halogens is 2. The van der Waals surface area contributed by atoms with Crippen LogP contribution < -0.4 is 5.32 Å². The number of esters is 1.